The molecule has 9 nitrogen and oxygen atoms in total. The van der Waals surface area contributed by atoms with E-state index in [0.29, 0.717) is 17.2 Å². The van der Waals surface area contributed by atoms with Crippen LogP contribution in [0.1, 0.15) is 0 Å². The van der Waals surface area contributed by atoms with Crippen molar-refractivity contribution in [1.82, 2.24) is 15.0 Å². The number of hydrogen-bond donors (Lipinski definition) is 0. The zero-order valence-electron chi connectivity index (χ0n) is 63.7. The summed E-state index contributed by atoms with van der Waals surface area (Å²) in [5.41, 5.74) is 16.6. The second-order valence-corrected chi connectivity index (χ2v) is 29.8. The zero-order chi connectivity index (χ0) is 78.6. The normalized spacial score (nSPS) is 11.0. The maximum absolute atomic E-state index is 6.41. The Morgan fingerprint density at radius 3 is 0.863 bits per heavy atom. The molecule has 0 fully saturated rings. The van der Waals surface area contributed by atoms with Gasteiger partial charge in [-0.15, -0.1) is 0 Å². The van der Waals surface area contributed by atoms with Crippen LogP contribution in [0.4, 0.5) is 34.1 Å². The third-order valence-corrected chi connectivity index (χ3v) is 22.4. The van der Waals surface area contributed by atoms with Crippen LogP contribution in [-0.2, 0) is 0 Å². The van der Waals surface area contributed by atoms with Crippen molar-refractivity contribution < 1.29 is 11.4 Å². The largest absolute Gasteiger partial charge is 1.20 e. The summed E-state index contributed by atoms with van der Waals surface area (Å²) < 4.78 is 22.1. The molecule has 1 atom stereocenters. The fraction of sp³-hybridized carbons (Fsp3) is 0. The number of nitrogens with zero attached hydrogens (tertiary/aromatic N) is 6. The zero-order valence-corrected chi connectivity index (χ0v) is 66.0. The summed E-state index contributed by atoms with van der Waals surface area (Å²) in [6.07, 6.45) is 5.24. The maximum atomic E-state index is 6.41. The van der Waals surface area contributed by atoms with Crippen molar-refractivity contribution in [2.24, 2.45) is 4.67 Å². The Bertz CT molecular complexity index is 6570. The van der Waals surface area contributed by atoms with Gasteiger partial charge in [-0.2, -0.15) is 0 Å². The minimum absolute atomic E-state index is 0.608. The van der Waals surface area contributed by atoms with E-state index in [9.17, 15) is 0 Å². The minimum atomic E-state index is -2.86. The summed E-state index contributed by atoms with van der Waals surface area (Å²) >= 11 is -2.86. The van der Waals surface area contributed by atoms with E-state index in [1.165, 1.54) is 98.0 Å². The Labute approximate surface area is 687 Å². The number of benzene rings is 18. The van der Waals surface area contributed by atoms with Crippen molar-refractivity contribution in [3.63, 3.8) is 0 Å². The maximum Gasteiger partial charge on any atom is 1.20 e. The van der Waals surface area contributed by atoms with Gasteiger partial charge in [0.1, 0.15) is 33.8 Å². The van der Waals surface area contributed by atoms with Crippen LogP contribution in [0.25, 0.3) is 131 Å². The molecule has 3 aromatic heterocycles. The van der Waals surface area contributed by atoms with E-state index >= 15 is 0 Å². The Morgan fingerprint density at radius 2 is 0.504 bits per heavy atom. The second kappa shape index (κ2) is 34.5. The van der Waals surface area contributed by atoms with E-state index in [4.69, 9.17) is 11.4 Å². The number of para-hydroxylation sites is 5. The Hall–Kier alpha value is -14.4. The Morgan fingerprint density at radius 1 is 0.239 bits per heavy atom. The molecule has 553 valence electrons. The van der Waals surface area contributed by atoms with Crippen molar-refractivity contribution in [1.29, 1.82) is 0 Å². The van der Waals surface area contributed by atoms with Gasteiger partial charge in [0.25, 0.3) is 0 Å². The molecule has 0 spiro atoms. The number of pyridine rings is 3. The molecule has 0 saturated heterocycles. The van der Waals surface area contributed by atoms with E-state index in [1.807, 2.05) is 100 Å². The van der Waals surface area contributed by atoms with Crippen LogP contribution in [0.3, 0.4) is 0 Å². The van der Waals surface area contributed by atoms with Crippen molar-refractivity contribution in [2.45, 2.75) is 0 Å². The van der Waals surface area contributed by atoms with Crippen LogP contribution in [-0.4, -0.2) is 37.7 Å². The van der Waals surface area contributed by atoms with Gasteiger partial charge in [0.2, 0.25) is 0 Å². The molecule has 117 heavy (non-hydrogen) atoms. The van der Waals surface area contributed by atoms with Gasteiger partial charge in [-0.05, 0) is 196 Å². The van der Waals surface area contributed by atoms with Crippen molar-refractivity contribution in [2.75, 3.05) is 9.80 Å². The molecule has 0 aliphatic rings. The van der Waals surface area contributed by atoms with Crippen LogP contribution in [0.15, 0.2) is 442 Å². The molecular weight excluding hydrogens is 1460 g/mol. The molecule has 0 aliphatic heterocycles. The third-order valence-electron chi connectivity index (χ3n) is 21.1. The summed E-state index contributed by atoms with van der Waals surface area (Å²) in [5.74, 6) is 1.82. The molecule has 1 unspecified atom stereocenters. The van der Waals surface area contributed by atoms with E-state index in [-0.39, 0.29) is 0 Å². The molecule has 18 aromatic carbocycles. The van der Waals surface area contributed by atoms with Gasteiger partial charge >= 0.3 is 36.8 Å². The van der Waals surface area contributed by atoms with Crippen LogP contribution in [0.2, 0.25) is 0 Å². The summed E-state index contributed by atoms with van der Waals surface area (Å²) in [6.45, 7) is 0. The first-order chi connectivity index (χ1) is 58.0. The van der Waals surface area contributed by atoms with Gasteiger partial charge in [-0.25, -0.2) is 0 Å². The second-order valence-electron chi connectivity index (χ2n) is 28.2. The topological polar surface area (TPSA) is 85.2 Å². The predicted molar refractivity (Wildman–Crippen MR) is 494 cm³/mol. The molecule has 21 aromatic rings. The van der Waals surface area contributed by atoms with E-state index in [0.717, 1.165) is 66.8 Å². The molecule has 0 amide bonds. The van der Waals surface area contributed by atoms with Crippen molar-refractivity contribution in [3.05, 3.63) is 437 Å². The molecule has 3 heterocycles. The fourth-order valence-corrected chi connectivity index (χ4v) is 17.1. The molecule has 21 rings (SSSR count). The first kappa shape index (κ1) is 74.0. The smallest absolute Gasteiger partial charge is 0.576 e. The molecule has 0 bridgehead atoms. The number of aromatic nitrogens is 3. The van der Waals surface area contributed by atoms with Crippen LogP contribution < -0.4 is 21.2 Å². The number of hydrogen-bond acceptors (Lipinski definition) is 9. The summed E-state index contributed by atoms with van der Waals surface area (Å²) in [5, 5.41) is 18.1. The van der Waals surface area contributed by atoms with Gasteiger partial charge in [0.05, 0.1) is 11.4 Å². The standard InChI is InChI=1S/C44H32N2.C34H22.3C9H7NO.Al.BH2NP/c1-3-17-37(18-4-1)45(43-23-11-15-35-13-7-9-21-41(35)43)39-29-25-33(26-30-39)34-27-31-40(32-28-34)46(38-19-5-2-6-20-38)44-24-12-16-36-14-8-10-22-42(36)44;1-3-11-25-21-27(19-17-23(25)9-1)33-29-13-5-7-15-31(29)34(32-16-8-6-14-30(32)33)28-20-18-24-10-2-4-12-26(24)22-28;3*11-8-5-1-3-7-4-2-6-10-9(7)8;;1-2-3/h1-32H;1-22H;3*1-6,11H;;3H2/q;;;;;+3;/p-3. The summed E-state index contributed by atoms with van der Waals surface area (Å²) in [4.78, 5) is 18.2. The van der Waals surface area contributed by atoms with Gasteiger partial charge in [-0.3, -0.25) is 15.0 Å². The quantitative estimate of drug-likeness (QED) is 0.0570. The van der Waals surface area contributed by atoms with Gasteiger partial charge < -0.3 is 21.2 Å². The Balaban J connectivity index is 0.000000121. The van der Waals surface area contributed by atoms with Gasteiger partial charge in [0, 0.05) is 68.3 Å². The van der Waals surface area contributed by atoms with Gasteiger partial charge in [0.15, 0.2) is 0 Å². The molecule has 0 saturated carbocycles. The predicted octanol–water partition coefficient (Wildman–Crippen LogP) is 28.2. The van der Waals surface area contributed by atoms with Crippen LogP contribution in [0, 0.1) is 0 Å². The summed E-state index contributed by atoms with van der Waals surface area (Å²) in [6, 6.07) is 147. The fourth-order valence-electron chi connectivity index (χ4n) is 15.8. The first-order valence-corrected chi connectivity index (χ1v) is 40.8. The number of anilines is 6. The van der Waals surface area contributed by atoms with E-state index in [1.54, 1.807) is 18.6 Å². The third kappa shape index (κ3) is 15.8. The molecule has 0 N–H and O–H groups in total. The summed E-state index contributed by atoms with van der Waals surface area (Å²) in [7, 11) is 6.42. The SMILES string of the molecule is [B]=NP.c1ccc(N(c2ccc(-c3ccc(N(c4ccccc4)c4cccc5ccccc45)cc3)cc2)c2cccc3ccccc23)cc1.c1ccc2cc(-c3c4ccccc4c(-c4ccc5ccccc5c4)c4ccccc34)ccc2c1.c1cnc2c([O][Al]([O]c3cccc4cccnc34)[O]c3cccc4cccnc34)cccc2c1. The molecular formula is C105H74AlBN6O3P. The molecule has 12 heteroatoms. The van der Waals surface area contributed by atoms with Crippen LogP contribution in [0.5, 0.6) is 17.2 Å². The van der Waals surface area contributed by atoms with Crippen molar-refractivity contribution >= 4 is 164 Å². The van der Waals surface area contributed by atoms with E-state index in [2.05, 4.69) is 365 Å². The van der Waals surface area contributed by atoms with Gasteiger partial charge in [-0.1, -0.05) is 309 Å². The minimum Gasteiger partial charge on any atom is -0.576 e. The number of rotatable bonds is 15. The Kier molecular flexibility index (Phi) is 21.8. The van der Waals surface area contributed by atoms with Crippen LogP contribution >= 0.6 is 9.39 Å². The average molecular weight is 1540 g/mol. The first-order valence-electron chi connectivity index (χ1n) is 38.9. The van der Waals surface area contributed by atoms with Crippen molar-refractivity contribution in [3.8, 4) is 50.6 Å². The average Bonchev–Trinajstić information content (AvgIpc) is 0.730. The molecule has 0 aliphatic carbocycles. The molecule has 1 radical (unpaired) electrons. The number of fused-ring (bicyclic) bond motifs is 9. The van der Waals surface area contributed by atoms with E-state index < -0.39 is 15.1 Å². The monoisotopic (exact) mass is 1540 g/mol.